The first-order chi connectivity index (χ1) is 11.5. The van der Waals surface area contributed by atoms with E-state index in [4.69, 9.17) is 4.74 Å². The molecule has 7 heteroatoms. The summed E-state index contributed by atoms with van der Waals surface area (Å²) in [7, 11) is 3.38. The molecule has 6 nitrogen and oxygen atoms in total. The fraction of sp³-hybridized carbons (Fsp3) is 0.471. The number of ether oxygens (including phenoxy) is 1. The monoisotopic (exact) mass is 348 g/mol. The lowest BCUT2D eigenvalue weighted by Crippen LogP contribution is -2.38. The Labute approximate surface area is 146 Å². The lowest BCUT2D eigenvalue weighted by molar-refractivity contribution is 0.194. The number of rotatable bonds is 6. The number of nitrogens with one attached hydrogen (secondary N) is 1. The third-order valence-corrected chi connectivity index (χ3v) is 5.38. The average molecular weight is 348 g/mol. The maximum absolute atomic E-state index is 12.4. The number of methoxy groups -OCH3 is 1. The largest absolute Gasteiger partial charge is 0.481 e. The molecule has 0 aliphatic heterocycles. The summed E-state index contributed by atoms with van der Waals surface area (Å²) in [4.78, 5) is 23.9. The summed E-state index contributed by atoms with van der Waals surface area (Å²) in [6.07, 6.45) is 2.58. The summed E-state index contributed by atoms with van der Waals surface area (Å²) in [5, 5.41) is 4.03. The Hall–Kier alpha value is -2.15. The first-order valence-electron chi connectivity index (χ1n) is 7.92. The minimum atomic E-state index is -0.121. The molecule has 2 heterocycles. The molecule has 130 valence electrons. The van der Waals surface area contributed by atoms with Crippen molar-refractivity contribution in [2.45, 2.75) is 39.8 Å². The molecule has 24 heavy (non-hydrogen) atoms. The first-order valence-corrected chi connectivity index (χ1v) is 8.73. The van der Waals surface area contributed by atoms with Crippen LogP contribution in [0.1, 0.15) is 41.0 Å². The SMILES string of the molecule is CCc1nc(C)c([C@H](C)N(C)C(=O)NCc2ccnc(OC)c2)s1. The molecule has 2 aromatic heterocycles. The molecule has 0 aromatic carbocycles. The van der Waals surface area contributed by atoms with Crippen LogP contribution in [0.4, 0.5) is 4.79 Å². The second kappa shape index (κ2) is 8.10. The van der Waals surface area contributed by atoms with Crippen molar-refractivity contribution in [2.75, 3.05) is 14.2 Å². The van der Waals surface area contributed by atoms with E-state index in [0.29, 0.717) is 12.4 Å². The Morgan fingerprint density at radius 1 is 1.50 bits per heavy atom. The van der Waals surface area contributed by atoms with Gasteiger partial charge in [-0.25, -0.2) is 14.8 Å². The molecule has 0 radical (unpaired) electrons. The van der Waals surface area contributed by atoms with Crippen LogP contribution in [0.3, 0.4) is 0 Å². The molecule has 2 aromatic rings. The van der Waals surface area contributed by atoms with Crippen LogP contribution < -0.4 is 10.1 Å². The molecule has 0 aliphatic rings. The number of thiazole rings is 1. The fourth-order valence-corrected chi connectivity index (χ4v) is 3.43. The summed E-state index contributed by atoms with van der Waals surface area (Å²) < 4.78 is 5.09. The van der Waals surface area contributed by atoms with Crippen molar-refractivity contribution < 1.29 is 9.53 Å². The summed E-state index contributed by atoms with van der Waals surface area (Å²) in [6, 6.07) is 3.52. The van der Waals surface area contributed by atoms with E-state index in [1.165, 1.54) is 0 Å². The maximum atomic E-state index is 12.4. The highest BCUT2D eigenvalue weighted by Crippen LogP contribution is 2.28. The number of aryl methyl sites for hydroxylation is 2. The number of nitrogens with zero attached hydrogens (tertiary/aromatic N) is 3. The highest BCUT2D eigenvalue weighted by atomic mass is 32.1. The number of carbonyl (C=O) groups is 1. The van der Waals surface area contributed by atoms with Crippen molar-refractivity contribution in [1.29, 1.82) is 0 Å². The predicted molar refractivity (Wildman–Crippen MR) is 95.4 cm³/mol. The Morgan fingerprint density at radius 2 is 2.25 bits per heavy atom. The molecule has 0 saturated carbocycles. The Balaban J connectivity index is 1.99. The zero-order valence-corrected chi connectivity index (χ0v) is 15.6. The van der Waals surface area contributed by atoms with Crippen LogP contribution in [0.25, 0.3) is 0 Å². The minimum absolute atomic E-state index is 0.0187. The second-order valence-electron chi connectivity index (χ2n) is 5.56. The molecule has 0 fully saturated rings. The van der Waals surface area contributed by atoms with E-state index < -0.39 is 0 Å². The van der Waals surface area contributed by atoms with Gasteiger partial charge in [-0.15, -0.1) is 11.3 Å². The van der Waals surface area contributed by atoms with Crippen LogP contribution in [-0.4, -0.2) is 35.1 Å². The van der Waals surface area contributed by atoms with Crippen LogP contribution in [0, 0.1) is 6.92 Å². The first kappa shape index (κ1) is 18.2. The summed E-state index contributed by atoms with van der Waals surface area (Å²) in [6.45, 7) is 6.54. The van der Waals surface area contributed by atoms with Crippen molar-refractivity contribution in [2.24, 2.45) is 0 Å². The van der Waals surface area contributed by atoms with Crippen molar-refractivity contribution in [3.8, 4) is 5.88 Å². The number of carbonyl (C=O) groups excluding carboxylic acids is 1. The van der Waals surface area contributed by atoms with Gasteiger partial charge in [-0.1, -0.05) is 6.92 Å². The van der Waals surface area contributed by atoms with Gasteiger partial charge in [0, 0.05) is 30.7 Å². The fourth-order valence-electron chi connectivity index (χ4n) is 2.33. The van der Waals surface area contributed by atoms with Crippen LogP contribution in [0.2, 0.25) is 0 Å². The van der Waals surface area contributed by atoms with E-state index in [0.717, 1.165) is 27.6 Å². The van der Waals surface area contributed by atoms with Gasteiger partial charge in [0.1, 0.15) is 0 Å². The van der Waals surface area contributed by atoms with Gasteiger partial charge in [-0.05, 0) is 31.9 Å². The number of hydrogen-bond acceptors (Lipinski definition) is 5. The number of hydrogen-bond donors (Lipinski definition) is 1. The maximum Gasteiger partial charge on any atom is 0.317 e. The lowest BCUT2D eigenvalue weighted by Gasteiger charge is -2.24. The average Bonchev–Trinajstić information content (AvgIpc) is 2.99. The van der Waals surface area contributed by atoms with Crippen LogP contribution in [0.5, 0.6) is 5.88 Å². The van der Waals surface area contributed by atoms with E-state index >= 15 is 0 Å². The molecule has 1 N–H and O–H groups in total. The summed E-state index contributed by atoms with van der Waals surface area (Å²) in [5.41, 5.74) is 1.95. The number of pyridine rings is 1. The van der Waals surface area contributed by atoms with Gasteiger partial charge in [0.15, 0.2) is 0 Å². The standard InChI is InChI=1S/C17H24N4O2S/c1-6-15-20-11(2)16(24-15)12(3)21(4)17(22)19-10-13-7-8-18-14(9-13)23-5/h7-9,12H,6,10H2,1-5H3,(H,19,22)/t12-/m0/s1. The third kappa shape index (κ3) is 4.23. The molecule has 2 rings (SSSR count). The van der Waals surface area contributed by atoms with Gasteiger partial charge < -0.3 is 15.0 Å². The number of aromatic nitrogens is 2. The normalized spacial score (nSPS) is 11.9. The second-order valence-corrected chi connectivity index (χ2v) is 6.68. The Bertz CT molecular complexity index is 702. The van der Waals surface area contributed by atoms with Crippen LogP contribution in [0.15, 0.2) is 18.3 Å². The van der Waals surface area contributed by atoms with Crippen LogP contribution >= 0.6 is 11.3 Å². The minimum Gasteiger partial charge on any atom is -0.481 e. The quantitative estimate of drug-likeness (QED) is 0.869. The zero-order chi connectivity index (χ0) is 17.7. The van der Waals surface area contributed by atoms with Crippen molar-refractivity contribution >= 4 is 17.4 Å². The topological polar surface area (TPSA) is 67.4 Å². The van der Waals surface area contributed by atoms with Gasteiger partial charge in [-0.3, -0.25) is 0 Å². The lowest BCUT2D eigenvalue weighted by atomic mass is 10.2. The van der Waals surface area contributed by atoms with E-state index in [9.17, 15) is 4.79 Å². The van der Waals surface area contributed by atoms with E-state index in [1.54, 1.807) is 36.6 Å². The molecule has 0 spiro atoms. The molecular weight excluding hydrogens is 324 g/mol. The number of urea groups is 1. The molecule has 0 bridgehead atoms. The number of amides is 2. The Kier molecular flexibility index (Phi) is 6.14. The molecular formula is C17H24N4O2S. The van der Waals surface area contributed by atoms with E-state index in [1.807, 2.05) is 26.0 Å². The van der Waals surface area contributed by atoms with Gasteiger partial charge in [0.25, 0.3) is 0 Å². The molecule has 2 amide bonds. The van der Waals surface area contributed by atoms with Crippen molar-refractivity contribution in [3.63, 3.8) is 0 Å². The van der Waals surface area contributed by atoms with E-state index in [2.05, 4.69) is 22.2 Å². The predicted octanol–water partition coefficient (Wildman–Crippen LogP) is 3.32. The van der Waals surface area contributed by atoms with Gasteiger partial charge in [0.05, 0.1) is 23.9 Å². The zero-order valence-electron chi connectivity index (χ0n) is 14.8. The summed E-state index contributed by atoms with van der Waals surface area (Å²) in [5.74, 6) is 0.538. The molecule has 0 unspecified atom stereocenters. The highest BCUT2D eigenvalue weighted by molar-refractivity contribution is 7.11. The highest BCUT2D eigenvalue weighted by Gasteiger charge is 2.21. The van der Waals surface area contributed by atoms with Crippen molar-refractivity contribution in [1.82, 2.24) is 20.2 Å². The van der Waals surface area contributed by atoms with Gasteiger partial charge in [0.2, 0.25) is 5.88 Å². The molecule has 1 atom stereocenters. The molecule has 0 saturated heterocycles. The third-order valence-electron chi connectivity index (χ3n) is 3.91. The van der Waals surface area contributed by atoms with Crippen LogP contribution in [-0.2, 0) is 13.0 Å². The van der Waals surface area contributed by atoms with Gasteiger partial charge >= 0.3 is 6.03 Å². The smallest absolute Gasteiger partial charge is 0.317 e. The Morgan fingerprint density at radius 3 is 2.88 bits per heavy atom. The van der Waals surface area contributed by atoms with Gasteiger partial charge in [-0.2, -0.15) is 0 Å². The van der Waals surface area contributed by atoms with Crippen molar-refractivity contribution in [3.05, 3.63) is 39.5 Å². The summed E-state index contributed by atoms with van der Waals surface area (Å²) >= 11 is 1.68. The molecule has 0 aliphatic carbocycles. The van der Waals surface area contributed by atoms with E-state index in [-0.39, 0.29) is 12.1 Å².